The lowest BCUT2D eigenvalue weighted by Crippen LogP contribution is -2.64. The number of amides is 1. The van der Waals surface area contributed by atoms with Crippen LogP contribution in [0.4, 0.5) is 0 Å². The molecule has 6 rings (SSSR count). The van der Waals surface area contributed by atoms with Gasteiger partial charge in [-0.05, 0) is 119 Å². The van der Waals surface area contributed by atoms with E-state index in [2.05, 4.69) is 17.2 Å². The van der Waals surface area contributed by atoms with Crippen LogP contribution in [0.3, 0.4) is 0 Å². The molecule has 3 aliphatic heterocycles. The Hall–Kier alpha value is -4.22. The highest BCUT2D eigenvalue weighted by Crippen LogP contribution is 2.40. The average molecular weight is 963 g/mol. The molecule has 1 saturated carbocycles. The summed E-state index contributed by atoms with van der Waals surface area (Å²) in [4.78, 5) is 58.6. The second-order valence-corrected chi connectivity index (χ2v) is 20.2. The van der Waals surface area contributed by atoms with Gasteiger partial charge in [0.2, 0.25) is 5.79 Å². The van der Waals surface area contributed by atoms with Gasteiger partial charge in [-0.15, -0.1) is 6.58 Å². The molecule has 15 nitrogen and oxygen atoms in total. The van der Waals surface area contributed by atoms with Crippen molar-refractivity contribution >= 4 is 34.3 Å². The smallest absolute Gasteiger partial charge is 0.329 e. The third kappa shape index (κ3) is 12.1. The van der Waals surface area contributed by atoms with Crippen LogP contribution in [0.15, 0.2) is 66.4 Å². The van der Waals surface area contributed by atoms with Crippen molar-refractivity contribution in [3.05, 3.63) is 66.4 Å². The van der Waals surface area contributed by atoms with Gasteiger partial charge in [0.15, 0.2) is 0 Å². The number of hydrogen-bond acceptors (Lipinski definition) is 13. The number of piperidine rings is 1. The van der Waals surface area contributed by atoms with Gasteiger partial charge in [0, 0.05) is 75.7 Å². The fraction of sp³-hybridized carbons (Fsp3) is 0.667. The lowest BCUT2D eigenvalue weighted by molar-refractivity contribution is -0.302. The Balaban J connectivity index is 1.30. The Morgan fingerprint density at radius 1 is 0.928 bits per heavy atom. The van der Waals surface area contributed by atoms with Crippen LogP contribution < -0.4 is 4.74 Å². The van der Waals surface area contributed by atoms with Gasteiger partial charge in [0.25, 0.3) is 11.7 Å². The van der Waals surface area contributed by atoms with Crippen molar-refractivity contribution in [2.24, 2.45) is 29.6 Å². The van der Waals surface area contributed by atoms with E-state index in [0.717, 1.165) is 23.1 Å². The van der Waals surface area contributed by atoms with Crippen LogP contribution in [0.2, 0.25) is 0 Å². The Morgan fingerprint density at radius 3 is 2.32 bits per heavy atom. The quantitative estimate of drug-likeness (QED) is 0.130. The molecule has 1 aromatic carbocycles. The lowest BCUT2D eigenvalue weighted by Gasteiger charge is -2.47. The van der Waals surface area contributed by atoms with Crippen LogP contribution in [-0.4, -0.2) is 137 Å². The van der Waals surface area contributed by atoms with Gasteiger partial charge in [-0.25, -0.2) is 4.79 Å². The third-order valence-electron chi connectivity index (χ3n) is 15.5. The van der Waals surface area contributed by atoms with Crippen LogP contribution in [-0.2, 0) is 49.4 Å². The number of benzene rings is 1. The molecular weight excluding hydrogens is 885 g/mol. The van der Waals surface area contributed by atoms with Crippen molar-refractivity contribution in [3.63, 3.8) is 0 Å². The molecule has 15 unspecified atom stereocenters. The number of cyclic esters (lactones) is 1. The normalized spacial score (nSPS) is 37.0. The number of esters is 1. The number of aliphatic hydroxyl groups is 3. The standard InChI is InChI=1S/C54H78N2O13/c1-11-21-55-23-20-38-29-39(17-18-40(38)55)67-44-19-16-36(28-45(44)64-8)24-33(5)49-35(7)42(57)30-43(58)37(12-2)25-31(3)48(59)32(4)26-46(65-9)50-47(66-10)27-34(6)54(63,69-50)51(60)52(61)56-22-14-13-15-41(56)53(62)68-49/h11,17-18,20,23-25,29,32,34-37,41-42,44-50,57,59,63H,1,12-16,19,21-22,26-28,30H2,2-10H3/b31-25+,33-24?. The maximum atomic E-state index is 14.6. The van der Waals surface area contributed by atoms with E-state index in [1.807, 2.05) is 57.3 Å². The van der Waals surface area contributed by atoms with E-state index >= 15 is 0 Å². The zero-order valence-corrected chi connectivity index (χ0v) is 42.2. The number of carbonyl (C=O) groups excluding carboxylic acids is 4. The summed E-state index contributed by atoms with van der Waals surface area (Å²) in [6.07, 6.45) is 5.33. The Labute approximate surface area is 408 Å². The summed E-state index contributed by atoms with van der Waals surface area (Å²) in [5.41, 5.74) is 2.30. The summed E-state index contributed by atoms with van der Waals surface area (Å²) in [7, 11) is 4.62. The molecule has 2 bridgehead atoms. The molecule has 2 saturated heterocycles. The van der Waals surface area contributed by atoms with E-state index in [1.54, 1.807) is 34.0 Å². The zero-order valence-electron chi connectivity index (χ0n) is 42.2. The number of rotatable bonds is 10. The molecule has 4 heterocycles. The minimum absolute atomic E-state index is 0.0192. The van der Waals surface area contributed by atoms with E-state index in [9.17, 15) is 34.5 Å². The molecule has 382 valence electrons. The predicted octanol–water partition coefficient (Wildman–Crippen LogP) is 6.67. The van der Waals surface area contributed by atoms with Gasteiger partial charge in [-0.2, -0.15) is 0 Å². The van der Waals surface area contributed by atoms with Crippen molar-refractivity contribution < 1.29 is 62.9 Å². The molecule has 3 N–H and O–H groups in total. The Morgan fingerprint density at radius 2 is 1.64 bits per heavy atom. The first kappa shape index (κ1) is 54.1. The molecule has 1 aromatic heterocycles. The molecular formula is C54H78N2O13. The highest BCUT2D eigenvalue weighted by atomic mass is 16.7. The van der Waals surface area contributed by atoms with Crippen LogP contribution in [0.1, 0.15) is 106 Å². The molecule has 15 heteroatoms. The first-order valence-electron chi connectivity index (χ1n) is 25.1. The maximum Gasteiger partial charge on any atom is 0.329 e. The number of allylic oxidation sites excluding steroid dienone is 3. The molecule has 0 radical (unpaired) electrons. The summed E-state index contributed by atoms with van der Waals surface area (Å²) in [6.45, 7) is 15.3. The number of nitrogens with zero attached hydrogens (tertiary/aromatic N) is 2. The largest absolute Gasteiger partial charge is 0.488 e. The second kappa shape index (κ2) is 23.8. The van der Waals surface area contributed by atoms with E-state index in [4.69, 9.17) is 28.4 Å². The second-order valence-electron chi connectivity index (χ2n) is 20.2. The summed E-state index contributed by atoms with van der Waals surface area (Å²) in [6, 6.07) is 6.92. The number of methoxy groups -OCH3 is 3. The van der Waals surface area contributed by atoms with Gasteiger partial charge in [-0.3, -0.25) is 14.4 Å². The van der Waals surface area contributed by atoms with Gasteiger partial charge < -0.3 is 53.2 Å². The number of fused-ring (bicyclic) bond motifs is 4. The monoisotopic (exact) mass is 963 g/mol. The fourth-order valence-corrected chi connectivity index (χ4v) is 11.2. The number of hydrogen-bond donors (Lipinski definition) is 3. The predicted molar refractivity (Wildman–Crippen MR) is 260 cm³/mol. The van der Waals surface area contributed by atoms with Crippen molar-refractivity contribution in [1.29, 1.82) is 0 Å². The van der Waals surface area contributed by atoms with E-state index in [0.29, 0.717) is 49.8 Å². The first-order valence-corrected chi connectivity index (χ1v) is 25.1. The number of Topliss-reactive ketones (excluding diaryl/α,β-unsaturated/α-hetero) is 2. The molecule has 0 spiro atoms. The first-order chi connectivity index (χ1) is 32.9. The van der Waals surface area contributed by atoms with E-state index in [-0.39, 0.29) is 56.1 Å². The topological polar surface area (TPSA) is 193 Å². The molecule has 1 amide bonds. The van der Waals surface area contributed by atoms with Crippen molar-refractivity contribution in [1.82, 2.24) is 9.47 Å². The number of aliphatic hydroxyl groups excluding tert-OH is 2. The number of ether oxygens (including phenoxy) is 6. The van der Waals surface area contributed by atoms with Gasteiger partial charge in [-0.1, -0.05) is 45.9 Å². The lowest BCUT2D eigenvalue weighted by atomic mass is 9.81. The van der Waals surface area contributed by atoms with Gasteiger partial charge in [0.05, 0.1) is 30.5 Å². The highest BCUT2D eigenvalue weighted by Gasteiger charge is 2.57. The summed E-state index contributed by atoms with van der Waals surface area (Å²) >= 11 is 0. The zero-order chi connectivity index (χ0) is 50.3. The van der Waals surface area contributed by atoms with E-state index < -0.39 is 89.8 Å². The molecule has 15 atom stereocenters. The fourth-order valence-electron chi connectivity index (χ4n) is 11.2. The van der Waals surface area contributed by atoms with Crippen molar-refractivity contribution in [2.45, 2.75) is 173 Å². The number of aromatic nitrogens is 1. The van der Waals surface area contributed by atoms with Gasteiger partial charge >= 0.3 is 5.97 Å². The minimum atomic E-state index is -2.58. The number of ketones is 2. The molecule has 4 aliphatic rings. The van der Waals surface area contributed by atoms with Crippen LogP contribution in [0.5, 0.6) is 5.75 Å². The third-order valence-corrected chi connectivity index (χ3v) is 15.5. The minimum Gasteiger partial charge on any atom is -0.488 e. The van der Waals surface area contributed by atoms with Crippen LogP contribution >= 0.6 is 0 Å². The summed E-state index contributed by atoms with van der Waals surface area (Å²) in [5, 5.41) is 36.7. The maximum absolute atomic E-state index is 14.6. The molecule has 3 fully saturated rings. The Bertz CT molecular complexity index is 2180. The molecule has 69 heavy (non-hydrogen) atoms. The van der Waals surface area contributed by atoms with Crippen LogP contribution in [0.25, 0.3) is 10.9 Å². The van der Waals surface area contributed by atoms with Crippen molar-refractivity contribution in [3.8, 4) is 5.75 Å². The SMILES string of the molecule is C=CCn1ccc2cc(OC3CCC(C=C(C)C4OC(=O)C5CCCCN5C(=O)C(=O)C5(O)OC(C(OC)CC(C)C(O)/C(C)=C/C(CC)C(=O)CC(O)C4C)C(OC)CC5C)CC3OC)ccc21. The van der Waals surface area contributed by atoms with Crippen LogP contribution in [0, 0.1) is 29.6 Å². The molecule has 1 aliphatic carbocycles. The molecule has 2 aromatic rings. The highest BCUT2D eigenvalue weighted by molar-refractivity contribution is 6.39. The summed E-state index contributed by atoms with van der Waals surface area (Å²) in [5.74, 6) is -7.87. The summed E-state index contributed by atoms with van der Waals surface area (Å²) < 4.78 is 39.0. The number of carbonyl (C=O) groups is 4. The Kier molecular flexibility index (Phi) is 18.7. The van der Waals surface area contributed by atoms with E-state index in [1.165, 1.54) is 19.1 Å². The average Bonchev–Trinajstić information content (AvgIpc) is 3.75. The van der Waals surface area contributed by atoms with Crippen molar-refractivity contribution in [2.75, 3.05) is 27.9 Å². The van der Waals surface area contributed by atoms with Gasteiger partial charge in [0.1, 0.15) is 35.9 Å².